The predicted octanol–water partition coefficient (Wildman–Crippen LogP) is 4.11. The van der Waals surface area contributed by atoms with E-state index < -0.39 is 9.84 Å². The topological polar surface area (TPSA) is 98.1 Å². The van der Waals surface area contributed by atoms with Crippen LogP contribution in [-0.2, 0) is 14.6 Å². The Bertz CT molecular complexity index is 1140. The zero-order chi connectivity index (χ0) is 24.0. The van der Waals surface area contributed by atoms with Crippen molar-refractivity contribution in [2.45, 2.75) is 76.3 Å². The molecule has 4 heterocycles. The fourth-order valence-corrected chi connectivity index (χ4v) is 7.75. The maximum atomic E-state index is 11.8. The summed E-state index contributed by atoms with van der Waals surface area (Å²) in [7, 11) is -2.89. The molecule has 3 fully saturated rings. The van der Waals surface area contributed by atoms with Crippen molar-refractivity contribution in [2.24, 2.45) is 5.92 Å². The van der Waals surface area contributed by atoms with E-state index in [4.69, 9.17) is 27.9 Å². The lowest BCUT2D eigenvalue weighted by atomic mass is 9.78. The minimum absolute atomic E-state index is 0.0969. The summed E-state index contributed by atoms with van der Waals surface area (Å²) in [5.41, 5.74) is 9.61. The Hall–Kier alpha value is -1.23. The van der Waals surface area contributed by atoms with Gasteiger partial charge in [0.15, 0.2) is 0 Å². The van der Waals surface area contributed by atoms with Crippen molar-refractivity contribution >= 4 is 33.0 Å². The Kier molecular flexibility index (Phi) is 6.96. The van der Waals surface area contributed by atoms with Crippen molar-refractivity contribution in [3.8, 4) is 0 Å². The SMILES string of the molecule is Cc1ncc(Cl)c([C@@H](C)OC2CCC3NNC(c4cnn(C5CCS(=O)(=O)CC5)c4)C3C2)c1Cl. The van der Waals surface area contributed by atoms with E-state index in [0.717, 1.165) is 36.1 Å². The number of hydrogen-bond donors (Lipinski definition) is 2. The number of hydrazine groups is 1. The van der Waals surface area contributed by atoms with Crippen LogP contribution in [-0.4, -0.2) is 46.8 Å². The van der Waals surface area contributed by atoms with Crippen molar-refractivity contribution in [2.75, 3.05) is 11.5 Å². The summed E-state index contributed by atoms with van der Waals surface area (Å²) in [5.74, 6) is 0.840. The summed E-state index contributed by atoms with van der Waals surface area (Å²) in [6.07, 6.45) is 9.63. The molecule has 1 aliphatic carbocycles. The molecular formula is C23H31Cl2N5O3S. The summed E-state index contributed by atoms with van der Waals surface area (Å²) < 4.78 is 32.0. The fraction of sp³-hybridized carbons (Fsp3) is 0.652. The molecule has 0 aromatic carbocycles. The standard InChI is InChI=1S/C23H31Cl2N5O3S/c1-13-22(25)21(19(24)11-26-13)14(2)33-17-3-4-20-18(9-17)23(29-28-20)15-10-27-30(12-15)16-5-7-34(31,32)8-6-16/h10-12,14,16-18,20,23,28-29H,3-9H2,1-2H3/t14-,17?,18?,20?,23?/m1/s1. The van der Waals surface area contributed by atoms with Gasteiger partial charge in [0.05, 0.1) is 57.7 Å². The van der Waals surface area contributed by atoms with E-state index in [2.05, 4.69) is 27.1 Å². The van der Waals surface area contributed by atoms with Gasteiger partial charge in [-0.3, -0.25) is 15.1 Å². The van der Waals surface area contributed by atoms with Crippen LogP contribution in [0.5, 0.6) is 0 Å². The van der Waals surface area contributed by atoms with Gasteiger partial charge in [-0.1, -0.05) is 23.2 Å². The molecule has 1 saturated carbocycles. The van der Waals surface area contributed by atoms with Crippen LogP contribution in [0.25, 0.3) is 0 Å². The predicted molar refractivity (Wildman–Crippen MR) is 132 cm³/mol. The quantitative estimate of drug-likeness (QED) is 0.603. The first-order chi connectivity index (χ1) is 16.2. The molecule has 186 valence electrons. The van der Waals surface area contributed by atoms with Crippen molar-refractivity contribution in [1.82, 2.24) is 25.6 Å². The maximum Gasteiger partial charge on any atom is 0.150 e. The smallest absolute Gasteiger partial charge is 0.150 e. The number of pyridine rings is 1. The molecule has 5 atom stereocenters. The van der Waals surface area contributed by atoms with Crippen LogP contribution < -0.4 is 10.9 Å². The highest BCUT2D eigenvalue weighted by atomic mass is 35.5. The third kappa shape index (κ3) is 4.88. The zero-order valence-electron chi connectivity index (χ0n) is 19.4. The van der Waals surface area contributed by atoms with E-state index in [1.165, 1.54) is 0 Å². The van der Waals surface area contributed by atoms with Gasteiger partial charge in [-0.15, -0.1) is 0 Å². The van der Waals surface area contributed by atoms with Crippen LogP contribution in [0, 0.1) is 12.8 Å². The number of fused-ring (bicyclic) bond motifs is 1. The first-order valence-corrected chi connectivity index (χ1v) is 14.5. The molecule has 11 heteroatoms. The molecule has 0 radical (unpaired) electrons. The van der Waals surface area contributed by atoms with Crippen molar-refractivity contribution in [3.63, 3.8) is 0 Å². The molecular weight excluding hydrogens is 497 g/mol. The van der Waals surface area contributed by atoms with Crippen LogP contribution in [0.4, 0.5) is 0 Å². The van der Waals surface area contributed by atoms with E-state index in [-0.39, 0.29) is 35.8 Å². The van der Waals surface area contributed by atoms with Gasteiger partial charge in [0, 0.05) is 29.6 Å². The molecule has 5 rings (SSSR count). The van der Waals surface area contributed by atoms with Crippen molar-refractivity contribution in [1.29, 1.82) is 0 Å². The average molecular weight is 529 g/mol. The Morgan fingerprint density at radius 3 is 2.68 bits per heavy atom. The van der Waals surface area contributed by atoms with Gasteiger partial charge < -0.3 is 4.74 Å². The zero-order valence-corrected chi connectivity index (χ0v) is 21.7. The van der Waals surface area contributed by atoms with Gasteiger partial charge in [-0.05, 0) is 51.9 Å². The molecule has 2 aromatic heterocycles. The van der Waals surface area contributed by atoms with Crippen molar-refractivity contribution in [3.05, 3.63) is 45.5 Å². The van der Waals surface area contributed by atoms with Gasteiger partial charge in [0.2, 0.25) is 0 Å². The van der Waals surface area contributed by atoms with Gasteiger partial charge in [0.1, 0.15) is 9.84 Å². The van der Waals surface area contributed by atoms with Crippen molar-refractivity contribution < 1.29 is 13.2 Å². The second kappa shape index (κ2) is 9.67. The minimum Gasteiger partial charge on any atom is -0.370 e. The highest BCUT2D eigenvalue weighted by Crippen LogP contribution is 2.42. The molecule has 3 aliphatic rings. The number of aromatic nitrogens is 3. The summed E-state index contributed by atoms with van der Waals surface area (Å²) >= 11 is 12.9. The lowest BCUT2D eigenvalue weighted by Gasteiger charge is -2.34. The number of ether oxygens (including phenoxy) is 1. The molecule has 34 heavy (non-hydrogen) atoms. The van der Waals surface area contributed by atoms with Crippen LogP contribution in [0.3, 0.4) is 0 Å². The average Bonchev–Trinajstić information content (AvgIpc) is 3.43. The van der Waals surface area contributed by atoms with Gasteiger partial charge in [0.25, 0.3) is 0 Å². The molecule has 2 saturated heterocycles. The van der Waals surface area contributed by atoms with E-state index in [0.29, 0.717) is 34.8 Å². The molecule has 0 bridgehead atoms. The molecule has 2 N–H and O–H groups in total. The second-order valence-corrected chi connectivity index (χ2v) is 12.9. The second-order valence-electron chi connectivity index (χ2n) is 9.81. The third-order valence-electron chi connectivity index (χ3n) is 7.57. The molecule has 8 nitrogen and oxygen atoms in total. The first kappa shape index (κ1) is 24.5. The fourth-order valence-electron chi connectivity index (χ4n) is 5.63. The summed E-state index contributed by atoms with van der Waals surface area (Å²) in [6.45, 7) is 3.86. The minimum atomic E-state index is -2.89. The monoisotopic (exact) mass is 527 g/mol. The first-order valence-electron chi connectivity index (χ1n) is 11.9. The normalized spacial score (nSPS) is 30.2. The van der Waals surface area contributed by atoms with E-state index in [9.17, 15) is 8.42 Å². The van der Waals surface area contributed by atoms with Gasteiger partial charge in [-0.2, -0.15) is 5.10 Å². The molecule has 2 aliphatic heterocycles. The number of halogens is 2. The third-order valence-corrected chi connectivity index (χ3v) is 10.1. The molecule has 0 spiro atoms. The molecule has 0 amide bonds. The number of nitrogens with zero attached hydrogens (tertiary/aromatic N) is 3. The van der Waals surface area contributed by atoms with Crippen LogP contribution in [0.15, 0.2) is 18.6 Å². The van der Waals surface area contributed by atoms with E-state index in [1.54, 1.807) is 6.20 Å². The van der Waals surface area contributed by atoms with Crippen LogP contribution >= 0.6 is 23.2 Å². The van der Waals surface area contributed by atoms with Gasteiger partial charge in [-0.25, -0.2) is 13.8 Å². The largest absolute Gasteiger partial charge is 0.370 e. The lowest BCUT2D eigenvalue weighted by Crippen LogP contribution is -2.37. The number of hydrogen-bond acceptors (Lipinski definition) is 7. The van der Waals surface area contributed by atoms with E-state index in [1.807, 2.05) is 24.7 Å². The lowest BCUT2D eigenvalue weighted by molar-refractivity contribution is -0.0370. The summed E-state index contributed by atoms with van der Waals surface area (Å²) in [5, 5.41) is 5.69. The van der Waals surface area contributed by atoms with Crippen LogP contribution in [0.2, 0.25) is 10.0 Å². The Morgan fingerprint density at radius 2 is 1.91 bits per heavy atom. The summed E-state index contributed by atoms with van der Waals surface area (Å²) in [4.78, 5) is 4.22. The van der Waals surface area contributed by atoms with Crippen LogP contribution in [0.1, 0.15) is 74.0 Å². The Balaban J connectivity index is 1.26. The molecule has 2 aromatic rings. The Labute approximate surface area is 210 Å². The van der Waals surface area contributed by atoms with E-state index >= 15 is 0 Å². The highest BCUT2D eigenvalue weighted by molar-refractivity contribution is 7.91. The molecule has 4 unspecified atom stereocenters. The highest BCUT2D eigenvalue weighted by Gasteiger charge is 2.42. The number of nitrogens with one attached hydrogen (secondary N) is 2. The summed E-state index contributed by atoms with van der Waals surface area (Å²) in [6, 6.07) is 0.644. The number of rotatable bonds is 5. The van der Waals surface area contributed by atoms with Gasteiger partial charge >= 0.3 is 0 Å². The Morgan fingerprint density at radius 1 is 1.15 bits per heavy atom. The number of aryl methyl sites for hydroxylation is 1. The number of sulfone groups is 1. The maximum absolute atomic E-state index is 11.8.